The molecule has 3 nitrogen and oxygen atoms in total. The van der Waals surface area contributed by atoms with Gasteiger partial charge in [0.05, 0.1) is 7.11 Å². The molecule has 4 heteroatoms. The molecule has 0 saturated heterocycles. The van der Waals surface area contributed by atoms with Crippen LogP contribution in [0.2, 0.25) is 0 Å². The van der Waals surface area contributed by atoms with E-state index in [4.69, 9.17) is 4.74 Å². The Morgan fingerprint density at radius 2 is 2.10 bits per heavy atom. The number of aryl methyl sites for hydroxylation is 1. The number of ether oxygens (including phenoxy) is 1. The zero-order valence-corrected chi connectivity index (χ0v) is 12.1. The number of methoxy groups -OCH3 is 1. The molecule has 0 bridgehead atoms. The van der Waals surface area contributed by atoms with Gasteiger partial charge < -0.3 is 4.74 Å². The molecule has 0 aliphatic heterocycles. The molecule has 1 aromatic carbocycles. The normalized spacial score (nSPS) is 20.8. The van der Waals surface area contributed by atoms with E-state index in [1.54, 1.807) is 6.07 Å². The highest BCUT2D eigenvalue weighted by molar-refractivity contribution is 7.10. The van der Waals surface area contributed by atoms with E-state index in [9.17, 15) is 9.59 Å². The molecule has 3 rings (SSSR count). The predicted octanol–water partition coefficient (Wildman–Crippen LogP) is 3.17. The molecule has 1 aromatic heterocycles. The summed E-state index contributed by atoms with van der Waals surface area (Å²) in [6.45, 7) is 2.00. The van der Waals surface area contributed by atoms with E-state index in [-0.39, 0.29) is 11.7 Å². The monoisotopic (exact) mass is 286 g/mol. The number of benzene rings is 1. The minimum Gasteiger partial charge on any atom is -0.468 e. The number of Topliss-reactive ketones (excluding diaryl/α,β-unsaturated/α-hetero) is 1. The largest absolute Gasteiger partial charge is 0.468 e. The average Bonchev–Trinajstić information content (AvgIpc) is 3.00. The molecular formula is C16H14O3S. The standard InChI is InChI=1S/C16H14O3S/c1-9-4-3-5-10(8-9)12-13(16(18)19-2)14(17)11-6-7-20-15(11)12/h3-8,12-13H,1-2H3/t12-,13-/m0/s1. The maximum atomic E-state index is 12.4. The van der Waals surface area contributed by atoms with E-state index in [2.05, 4.69) is 0 Å². The Hall–Kier alpha value is -1.94. The van der Waals surface area contributed by atoms with Gasteiger partial charge in [0.25, 0.3) is 0 Å². The van der Waals surface area contributed by atoms with Gasteiger partial charge in [-0.1, -0.05) is 29.8 Å². The van der Waals surface area contributed by atoms with Crippen LogP contribution < -0.4 is 0 Å². The van der Waals surface area contributed by atoms with Gasteiger partial charge in [-0.3, -0.25) is 9.59 Å². The summed E-state index contributed by atoms with van der Waals surface area (Å²) in [6, 6.07) is 9.75. The number of carbonyl (C=O) groups is 2. The van der Waals surface area contributed by atoms with Crippen LogP contribution in [-0.4, -0.2) is 18.9 Å². The Morgan fingerprint density at radius 1 is 1.30 bits per heavy atom. The van der Waals surface area contributed by atoms with E-state index in [0.29, 0.717) is 5.56 Å². The van der Waals surface area contributed by atoms with Gasteiger partial charge in [-0.2, -0.15) is 0 Å². The van der Waals surface area contributed by atoms with Crippen LogP contribution in [0.4, 0.5) is 0 Å². The Kier molecular flexibility index (Phi) is 3.18. The number of rotatable bonds is 2. The molecule has 0 saturated carbocycles. The topological polar surface area (TPSA) is 43.4 Å². The van der Waals surface area contributed by atoms with Crippen LogP contribution in [0.15, 0.2) is 35.7 Å². The number of esters is 1. The predicted molar refractivity (Wildman–Crippen MR) is 77.2 cm³/mol. The van der Waals surface area contributed by atoms with Gasteiger partial charge >= 0.3 is 5.97 Å². The van der Waals surface area contributed by atoms with Crippen molar-refractivity contribution in [3.8, 4) is 0 Å². The molecule has 1 aliphatic carbocycles. The lowest BCUT2D eigenvalue weighted by Gasteiger charge is -2.17. The van der Waals surface area contributed by atoms with Crippen LogP contribution in [0.1, 0.15) is 32.3 Å². The fraction of sp³-hybridized carbons (Fsp3) is 0.250. The van der Waals surface area contributed by atoms with Crippen LogP contribution in [0.5, 0.6) is 0 Å². The van der Waals surface area contributed by atoms with Crippen molar-refractivity contribution < 1.29 is 14.3 Å². The van der Waals surface area contributed by atoms with Crippen molar-refractivity contribution in [1.29, 1.82) is 0 Å². The first-order valence-corrected chi connectivity index (χ1v) is 7.27. The average molecular weight is 286 g/mol. The van der Waals surface area contributed by atoms with Gasteiger partial charge in [-0.15, -0.1) is 11.3 Å². The van der Waals surface area contributed by atoms with Gasteiger partial charge in [-0.05, 0) is 23.9 Å². The third-order valence-electron chi connectivity index (χ3n) is 3.72. The summed E-state index contributed by atoms with van der Waals surface area (Å²) in [5.74, 6) is -1.54. The van der Waals surface area contributed by atoms with Gasteiger partial charge in [0.2, 0.25) is 0 Å². The molecular weight excluding hydrogens is 272 g/mol. The van der Waals surface area contributed by atoms with Crippen molar-refractivity contribution in [1.82, 2.24) is 0 Å². The van der Waals surface area contributed by atoms with Gasteiger partial charge in [0, 0.05) is 16.4 Å². The van der Waals surface area contributed by atoms with Crippen molar-refractivity contribution in [2.45, 2.75) is 12.8 Å². The lowest BCUT2D eigenvalue weighted by molar-refractivity contribution is -0.143. The first kappa shape index (κ1) is 13.1. The molecule has 2 aromatic rings. The fourth-order valence-corrected chi connectivity index (χ4v) is 3.88. The van der Waals surface area contributed by atoms with Crippen molar-refractivity contribution in [2.75, 3.05) is 7.11 Å². The maximum Gasteiger partial charge on any atom is 0.317 e. The zero-order chi connectivity index (χ0) is 14.3. The number of fused-ring (bicyclic) bond motifs is 1. The fourth-order valence-electron chi connectivity index (χ4n) is 2.81. The molecule has 1 heterocycles. The highest BCUT2D eigenvalue weighted by atomic mass is 32.1. The summed E-state index contributed by atoms with van der Waals surface area (Å²) in [7, 11) is 1.33. The Morgan fingerprint density at radius 3 is 2.80 bits per heavy atom. The van der Waals surface area contributed by atoms with E-state index < -0.39 is 11.9 Å². The van der Waals surface area contributed by atoms with Crippen LogP contribution in [-0.2, 0) is 9.53 Å². The van der Waals surface area contributed by atoms with Crippen molar-refractivity contribution >= 4 is 23.1 Å². The summed E-state index contributed by atoms with van der Waals surface area (Å²) in [6.07, 6.45) is 0. The molecule has 0 radical (unpaired) electrons. The van der Waals surface area contributed by atoms with E-state index in [0.717, 1.165) is 16.0 Å². The smallest absolute Gasteiger partial charge is 0.317 e. The van der Waals surface area contributed by atoms with Crippen molar-refractivity contribution in [3.05, 3.63) is 57.3 Å². The highest BCUT2D eigenvalue weighted by Gasteiger charge is 2.46. The first-order chi connectivity index (χ1) is 9.63. The molecule has 1 aliphatic rings. The molecule has 0 fully saturated rings. The first-order valence-electron chi connectivity index (χ1n) is 6.39. The third kappa shape index (κ3) is 1.88. The molecule has 20 heavy (non-hydrogen) atoms. The summed E-state index contributed by atoms with van der Waals surface area (Å²) >= 11 is 1.53. The molecule has 0 spiro atoms. The minimum absolute atomic E-state index is 0.125. The number of hydrogen-bond donors (Lipinski definition) is 0. The second-order valence-corrected chi connectivity index (χ2v) is 5.90. The SMILES string of the molecule is COC(=O)[C@@H]1C(=O)c2ccsc2[C@H]1c1cccc(C)c1. The summed E-state index contributed by atoms with van der Waals surface area (Å²) in [5.41, 5.74) is 2.77. The van der Waals surface area contributed by atoms with Gasteiger partial charge in [0.15, 0.2) is 5.78 Å². The van der Waals surface area contributed by atoms with Crippen LogP contribution in [0, 0.1) is 12.8 Å². The summed E-state index contributed by atoms with van der Waals surface area (Å²) < 4.78 is 4.83. The number of carbonyl (C=O) groups excluding carboxylic acids is 2. The number of ketones is 1. The zero-order valence-electron chi connectivity index (χ0n) is 11.3. The highest BCUT2D eigenvalue weighted by Crippen LogP contribution is 2.45. The Balaban J connectivity index is 2.14. The Bertz CT molecular complexity index is 687. The maximum absolute atomic E-state index is 12.4. The van der Waals surface area contributed by atoms with Crippen LogP contribution in [0.25, 0.3) is 0 Å². The number of thiophene rings is 1. The Labute approximate surface area is 121 Å². The van der Waals surface area contributed by atoms with E-state index in [1.807, 2.05) is 36.6 Å². The van der Waals surface area contributed by atoms with Crippen LogP contribution >= 0.6 is 11.3 Å². The third-order valence-corrected chi connectivity index (χ3v) is 4.72. The second kappa shape index (κ2) is 4.87. The lowest BCUT2D eigenvalue weighted by Crippen LogP contribution is -2.26. The van der Waals surface area contributed by atoms with Gasteiger partial charge in [0.1, 0.15) is 5.92 Å². The molecule has 0 N–H and O–H groups in total. The van der Waals surface area contributed by atoms with E-state index >= 15 is 0 Å². The van der Waals surface area contributed by atoms with Crippen LogP contribution in [0.3, 0.4) is 0 Å². The van der Waals surface area contributed by atoms with Crippen molar-refractivity contribution in [2.24, 2.45) is 5.92 Å². The quantitative estimate of drug-likeness (QED) is 0.629. The molecule has 102 valence electrons. The minimum atomic E-state index is -0.746. The summed E-state index contributed by atoms with van der Waals surface area (Å²) in [4.78, 5) is 25.4. The molecule has 2 atom stereocenters. The molecule has 0 amide bonds. The second-order valence-electron chi connectivity index (χ2n) is 4.96. The lowest BCUT2D eigenvalue weighted by atomic mass is 9.87. The van der Waals surface area contributed by atoms with Crippen molar-refractivity contribution in [3.63, 3.8) is 0 Å². The van der Waals surface area contributed by atoms with Gasteiger partial charge in [-0.25, -0.2) is 0 Å². The van der Waals surface area contributed by atoms with E-state index in [1.165, 1.54) is 18.4 Å². The number of hydrogen-bond acceptors (Lipinski definition) is 4. The summed E-state index contributed by atoms with van der Waals surface area (Å²) in [5, 5.41) is 1.90. The molecule has 0 unspecified atom stereocenters.